The van der Waals surface area contributed by atoms with Gasteiger partial charge in [0.05, 0.1) is 0 Å². The minimum atomic E-state index is 0.0586. The van der Waals surface area contributed by atoms with E-state index in [-0.39, 0.29) is 11.7 Å². The Morgan fingerprint density at radius 3 is 2.41 bits per heavy atom. The summed E-state index contributed by atoms with van der Waals surface area (Å²) in [7, 11) is 0. The van der Waals surface area contributed by atoms with E-state index in [4.69, 9.17) is 0 Å². The third kappa shape index (κ3) is 2.93. The lowest BCUT2D eigenvalue weighted by atomic mass is 10.0. The van der Waals surface area contributed by atoms with Gasteiger partial charge < -0.3 is 4.90 Å². The van der Waals surface area contributed by atoms with Gasteiger partial charge in [-0.25, -0.2) is 0 Å². The number of carbonyl (C=O) groups excluding carboxylic acids is 2. The molecule has 1 aliphatic heterocycles. The summed E-state index contributed by atoms with van der Waals surface area (Å²) in [5.41, 5.74) is 3.02. The van der Waals surface area contributed by atoms with Gasteiger partial charge >= 0.3 is 0 Å². The van der Waals surface area contributed by atoms with E-state index in [1.54, 1.807) is 4.90 Å². The third-order valence-electron chi connectivity index (χ3n) is 3.19. The summed E-state index contributed by atoms with van der Waals surface area (Å²) in [6, 6.07) is 5.70. The molecule has 90 valence electrons. The fourth-order valence-corrected chi connectivity index (χ4v) is 1.74. The topological polar surface area (TPSA) is 37.1 Å². The average Bonchev–Trinajstić information content (AvgIpc) is 3.13. The molecule has 0 saturated carbocycles. The van der Waals surface area contributed by atoms with Gasteiger partial charge in [0.25, 0.3) is 0 Å². The van der Waals surface area contributed by atoms with Gasteiger partial charge in [-0.1, -0.05) is 12.1 Å². The molecule has 1 aromatic carbocycles. The molecule has 0 aliphatic carbocycles. The second-order valence-electron chi connectivity index (χ2n) is 4.60. The summed E-state index contributed by atoms with van der Waals surface area (Å²) in [5, 5.41) is 0. The quantitative estimate of drug-likeness (QED) is 0.588. The second-order valence-corrected chi connectivity index (χ2v) is 4.60. The number of nitrogens with zero attached hydrogens (tertiary/aromatic N) is 1. The van der Waals surface area contributed by atoms with Crippen LogP contribution in [0.3, 0.4) is 0 Å². The van der Waals surface area contributed by atoms with Gasteiger partial charge in [-0.15, -0.1) is 0 Å². The number of hydrogen-bond donors (Lipinski definition) is 0. The largest absolute Gasteiger partial charge is 0.339 e. The Labute approximate surface area is 101 Å². The fourth-order valence-electron chi connectivity index (χ4n) is 1.74. The average molecular weight is 231 g/mol. The van der Waals surface area contributed by atoms with Gasteiger partial charge in [-0.05, 0) is 31.0 Å². The van der Waals surface area contributed by atoms with Crippen LogP contribution in [0.5, 0.6) is 0 Å². The summed E-state index contributed by atoms with van der Waals surface area (Å²) in [6.45, 7) is 5.73. The molecule has 1 fully saturated rings. The number of rotatable bonds is 4. The van der Waals surface area contributed by atoms with E-state index in [1.807, 2.05) is 32.0 Å². The minimum absolute atomic E-state index is 0.0586. The van der Waals surface area contributed by atoms with E-state index in [9.17, 15) is 9.59 Å². The van der Waals surface area contributed by atoms with Gasteiger partial charge in [0, 0.05) is 31.5 Å². The molecule has 1 heterocycles. The zero-order chi connectivity index (χ0) is 12.4. The van der Waals surface area contributed by atoms with E-state index < -0.39 is 0 Å². The van der Waals surface area contributed by atoms with Crippen molar-refractivity contribution in [3.63, 3.8) is 0 Å². The molecule has 0 unspecified atom stereocenters. The summed E-state index contributed by atoms with van der Waals surface area (Å²) in [5.74, 6) is 0.158. The Balaban J connectivity index is 1.94. The van der Waals surface area contributed by atoms with E-state index in [0.29, 0.717) is 18.4 Å². The third-order valence-corrected chi connectivity index (χ3v) is 3.19. The maximum Gasteiger partial charge on any atom is 0.223 e. The van der Waals surface area contributed by atoms with E-state index >= 15 is 0 Å². The molecule has 1 aliphatic rings. The standard InChI is InChI=1S/C14H17NO2/c1-10-3-4-12(9-11(10)2)13(16)5-6-14(17)15-7-8-15/h3-4,9H,5-8H2,1-2H3. The second kappa shape index (κ2) is 4.70. The molecule has 0 atom stereocenters. The first-order valence-electron chi connectivity index (χ1n) is 5.96. The van der Waals surface area contributed by atoms with Gasteiger partial charge in [0.15, 0.2) is 5.78 Å². The smallest absolute Gasteiger partial charge is 0.223 e. The number of carbonyl (C=O) groups is 2. The van der Waals surface area contributed by atoms with Crippen molar-refractivity contribution in [3.8, 4) is 0 Å². The highest BCUT2D eigenvalue weighted by Gasteiger charge is 2.24. The van der Waals surface area contributed by atoms with Crippen molar-refractivity contribution in [3.05, 3.63) is 34.9 Å². The minimum Gasteiger partial charge on any atom is -0.339 e. The van der Waals surface area contributed by atoms with Crippen LogP contribution < -0.4 is 0 Å². The maximum atomic E-state index is 11.9. The fraction of sp³-hybridized carbons (Fsp3) is 0.429. The number of hydrogen-bond acceptors (Lipinski definition) is 2. The molecular formula is C14H17NO2. The van der Waals surface area contributed by atoms with Crippen LogP contribution in [0.15, 0.2) is 18.2 Å². The first-order valence-corrected chi connectivity index (χ1v) is 5.96. The van der Waals surface area contributed by atoms with Crippen LogP contribution in [0.1, 0.15) is 34.3 Å². The van der Waals surface area contributed by atoms with Crippen LogP contribution in [0.4, 0.5) is 0 Å². The Morgan fingerprint density at radius 2 is 1.82 bits per heavy atom. The lowest BCUT2D eigenvalue weighted by Gasteiger charge is -2.05. The van der Waals surface area contributed by atoms with Crippen molar-refractivity contribution in [2.45, 2.75) is 26.7 Å². The summed E-state index contributed by atoms with van der Waals surface area (Å²) in [4.78, 5) is 25.1. The van der Waals surface area contributed by atoms with Crippen LogP contribution >= 0.6 is 0 Å². The Morgan fingerprint density at radius 1 is 1.12 bits per heavy atom. The number of ketones is 1. The van der Waals surface area contributed by atoms with Gasteiger partial charge in [-0.3, -0.25) is 9.59 Å². The molecule has 1 saturated heterocycles. The maximum absolute atomic E-state index is 11.9. The van der Waals surface area contributed by atoms with Crippen LogP contribution in [-0.2, 0) is 4.79 Å². The monoisotopic (exact) mass is 231 g/mol. The predicted octanol–water partition coefficient (Wildman–Crippen LogP) is 2.11. The lowest BCUT2D eigenvalue weighted by molar-refractivity contribution is -0.125. The molecule has 17 heavy (non-hydrogen) atoms. The molecule has 0 aromatic heterocycles. The summed E-state index contributed by atoms with van der Waals surface area (Å²) in [6.07, 6.45) is 0.656. The van der Waals surface area contributed by atoms with Crippen LogP contribution in [0.2, 0.25) is 0 Å². The van der Waals surface area contributed by atoms with Gasteiger partial charge in [-0.2, -0.15) is 0 Å². The normalized spacial score (nSPS) is 13.6. The molecule has 0 spiro atoms. The van der Waals surface area contributed by atoms with Crippen molar-refractivity contribution in [1.29, 1.82) is 0 Å². The molecule has 1 amide bonds. The highest BCUT2D eigenvalue weighted by atomic mass is 16.2. The molecule has 0 N–H and O–H groups in total. The van der Waals surface area contributed by atoms with Crippen molar-refractivity contribution in [2.75, 3.05) is 13.1 Å². The number of amides is 1. The van der Waals surface area contributed by atoms with Gasteiger partial charge in [0.1, 0.15) is 0 Å². The Bertz CT molecular complexity index is 461. The summed E-state index contributed by atoms with van der Waals surface area (Å²) >= 11 is 0. The molecule has 3 heteroatoms. The number of aryl methyl sites for hydroxylation is 2. The van der Waals surface area contributed by atoms with Crippen LogP contribution in [-0.4, -0.2) is 29.7 Å². The number of benzene rings is 1. The highest BCUT2D eigenvalue weighted by Crippen LogP contribution is 2.14. The van der Waals surface area contributed by atoms with Crippen molar-refractivity contribution < 1.29 is 9.59 Å². The molecule has 1 aromatic rings. The Kier molecular flexibility index (Phi) is 3.27. The molecule has 0 radical (unpaired) electrons. The number of Topliss-reactive ketones (excluding diaryl/α,β-unsaturated/α-hetero) is 1. The van der Waals surface area contributed by atoms with Gasteiger partial charge in [0.2, 0.25) is 5.91 Å². The zero-order valence-corrected chi connectivity index (χ0v) is 10.3. The molecular weight excluding hydrogens is 214 g/mol. The summed E-state index contributed by atoms with van der Waals surface area (Å²) < 4.78 is 0. The predicted molar refractivity (Wildman–Crippen MR) is 66.1 cm³/mol. The van der Waals surface area contributed by atoms with Crippen molar-refractivity contribution >= 4 is 11.7 Å². The first kappa shape index (κ1) is 11.8. The molecule has 0 bridgehead atoms. The zero-order valence-electron chi connectivity index (χ0n) is 10.3. The van der Waals surface area contributed by atoms with Crippen LogP contribution in [0, 0.1) is 13.8 Å². The van der Waals surface area contributed by atoms with Crippen LogP contribution in [0.25, 0.3) is 0 Å². The van der Waals surface area contributed by atoms with E-state index in [2.05, 4.69) is 0 Å². The van der Waals surface area contributed by atoms with E-state index in [0.717, 1.165) is 18.7 Å². The highest BCUT2D eigenvalue weighted by molar-refractivity contribution is 5.98. The van der Waals surface area contributed by atoms with Crippen molar-refractivity contribution in [1.82, 2.24) is 4.90 Å². The SMILES string of the molecule is Cc1ccc(C(=O)CCC(=O)N2CC2)cc1C. The lowest BCUT2D eigenvalue weighted by Crippen LogP contribution is -2.12. The van der Waals surface area contributed by atoms with Crippen molar-refractivity contribution in [2.24, 2.45) is 0 Å². The first-order chi connectivity index (χ1) is 8.08. The Hall–Kier alpha value is -1.64. The molecule has 3 nitrogen and oxygen atoms in total. The van der Waals surface area contributed by atoms with E-state index in [1.165, 1.54) is 5.56 Å². The molecule has 2 rings (SSSR count).